The van der Waals surface area contributed by atoms with Gasteiger partial charge < -0.3 is 19.3 Å². The molecule has 1 fully saturated rings. The maximum absolute atomic E-state index is 9.85. The fraction of sp³-hybridized carbons (Fsp3) is 0.571. The molecule has 100 valence electrons. The van der Waals surface area contributed by atoms with Crippen LogP contribution in [0.5, 0.6) is 11.5 Å². The first-order chi connectivity index (χ1) is 8.81. The van der Waals surface area contributed by atoms with Crippen LogP contribution in [0.4, 0.5) is 0 Å². The Bertz CT molecular complexity index is 367. The normalized spacial score (nSPS) is 23.7. The van der Waals surface area contributed by atoms with E-state index >= 15 is 0 Å². The van der Waals surface area contributed by atoms with Crippen LogP contribution in [0.15, 0.2) is 24.3 Å². The molecule has 2 rings (SSSR count). The molecule has 0 aromatic heterocycles. The van der Waals surface area contributed by atoms with Crippen LogP contribution in [-0.4, -0.2) is 37.1 Å². The number of aliphatic hydroxyl groups excluding tert-OH is 1. The Morgan fingerprint density at radius 3 is 2.83 bits per heavy atom. The Morgan fingerprint density at radius 2 is 2.11 bits per heavy atom. The van der Waals surface area contributed by atoms with Gasteiger partial charge >= 0.3 is 0 Å². The van der Waals surface area contributed by atoms with Crippen molar-refractivity contribution in [3.05, 3.63) is 24.3 Å². The van der Waals surface area contributed by atoms with Gasteiger partial charge in [0.1, 0.15) is 6.10 Å². The third kappa shape index (κ3) is 3.37. The summed E-state index contributed by atoms with van der Waals surface area (Å²) >= 11 is 0. The number of hydrogen-bond donors (Lipinski definition) is 1. The molecule has 1 saturated heterocycles. The molecule has 0 saturated carbocycles. The van der Waals surface area contributed by atoms with Crippen molar-refractivity contribution in [3.8, 4) is 11.5 Å². The molecule has 1 aromatic carbocycles. The number of ether oxygens (including phenoxy) is 3. The van der Waals surface area contributed by atoms with Crippen LogP contribution in [0.25, 0.3) is 0 Å². The summed E-state index contributed by atoms with van der Waals surface area (Å²) in [7, 11) is 0. The molecule has 0 spiro atoms. The van der Waals surface area contributed by atoms with Gasteiger partial charge in [-0.05, 0) is 18.6 Å². The smallest absolute Gasteiger partial charge is 0.161 e. The van der Waals surface area contributed by atoms with Crippen molar-refractivity contribution in [2.24, 2.45) is 0 Å². The van der Waals surface area contributed by atoms with Crippen molar-refractivity contribution >= 4 is 0 Å². The SMILES string of the molecule is CCCOc1ccccc1OC1COCCC1O. The van der Waals surface area contributed by atoms with E-state index in [0.29, 0.717) is 32.0 Å². The van der Waals surface area contributed by atoms with Gasteiger partial charge in [0.2, 0.25) is 0 Å². The van der Waals surface area contributed by atoms with Crippen LogP contribution in [0.2, 0.25) is 0 Å². The van der Waals surface area contributed by atoms with Crippen molar-refractivity contribution in [2.45, 2.75) is 32.0 Å². The zero-order chi connectivity index (χ0) is 12.8. The lowest BCUT2D eigenvalue weighted by atomic mass is 10.1. The van der Waals surface area contributed by atoms with E-state index in [-0.39, 0.29) is 6.10 Å². The summed E-state index contributed by atoms with van der Waals surface area (Å²) in [6.07, 6.45) is 0.773. The van der Waals surface area contributed by atoms with Crippen molar-refractivity contribution in [2.75, 3.05) is 19.8 Å². The summed E-state index contributed by atoms with van der Waals surface area (Å²) in [6.45, 7) is 3.73. The first-order valence-electron chi connectivity index (χ1n) is 6.45. The van der Waals surface area contributed by atoms with E-state index in [0.717, 1.165) is 12.2 Å². The average Bonchev–Trinajstić information content (AvgIpc) is 2.40. The van der Waals surface area contributed by atoms with Gasteiger partial charge in [0.15, 0.2) is 11.5 Å². The third-order valence-corrected chi connectivity index (χ3v) is 2.86. The van der Waals surface area contributed by atoms with Gasteiger partial charge in [-0.3, -0.25) is 0 Å². The van der Waals surface area contributed by atoms with E-state index in [1.165, 1.54) is 0 Å². The van der Waals surface area contributed by atoms with Gasteiger partial charge in [0.05, 0.1) is 19.3 Å². The van der Waals surface area contributed by atoms with Gasteiger partial charge in [-0.1, -0.05) is 19.1 Å². The molecule has 1 heterocycles. The molecule has 0 aliphatic carbocycles. The molecule has 0 bridgehead atoms. The van der Waals surface area contributed by atoms with Crippen LogP contribution >= 0.6 is 0 Å². The maximum Gasteiger partial charge on any atom is 0.161 e. The number of rotatable bonds is 5. The second-order valence-corrected chi connectivity index (χ2v) is 4.38. The highest BCUT2D eigenvalue weighted by Crippen LogP contribution is 2.29. The van der Waals surface area contributed by atoms with E-state index in [1.807, 2.05) is 24.3 Å². The van der Waals surface area contributed by atoms with Gasteiger partial charge in [0.25, 0.3) is 0 Å². The number of hydrogen-bond acceptors (Lipinski definition) is 4. The van der Waals surface area contributed by atoms with Crippen molar-refractivity contribution < 1.29 is 19.3 Å². The zero-order valence-corrected chi connectivity index (χ0v) is 10.7. The highest BCUT2D eigenvalue weighted by molar-refractivity contribution is 5.39. The van der Waals surface area contributed by atoms with Crippen molar-refractivity contribution in [1.29, 1.82) is 0 Å². The van der Waals surface area contributed by atoms with Crippen LogP contribution < -0.4 is 9.47 Å². The molecule has 1 aromatic rings. The van der Waals surface area contributed by atoms with Crippen molar-refractivity contribution in [3.63, 3.8) is 0 Å². The monoisotopic (exact) mass is 252 g/mol. The lowest BCUT2D eigenvalue weighted by Gasteiger charge is -2.28. The fourth-order valence-corrected chi connectivity index (χ4v) is 1.85. The second kappa shape index (κ2) is 6.61. The number of para-hydroxylation sites is 2. The Hall–Kier alpha value is -1.26. The second-order valence-electron chi connectivity index (χ2n) is 4.38. The molecule has 1 aliphatic heterocycles. The quantitative estimate of drug-likeness (QED) is 0.870. The minimum absolute atomic E-state index is 0.315. The first kappa shape index (κ1) is 13.2. The molecular weight excluding hydrogens is 232 g/mol. The number of benzene rings is 1. The molecule has 2 unspecified atom stereocenters. The summed E-state index contributed by atoms with van der Waals surface area (Å²) < 4.78 is 16.7. The molecule has 0 radical (unpaired) electrons. The van der Waals surface area contributed by atoms with Crippen LogP contribution in [-0.2, 0) is 4.74 Å². The molecule has 1 aliphatic rings. The highest BCUT2D eigenvalue weighted by atomic mass is 16.6. The van der Waals surface area contributed by atoms with E-state index in [1.54, 1.807) is 0 Å². The summed E-state index contributed by atoms with van der Waals surface area (Å²) in [5.41, 5.74) is 0. The van der Waals surface area contributed by atoms with Gasteiger partial charge in [-0.15, -0.1) is 0 Å². The van der Waals surface area contributed by atoms with Gasteiger partial charge in [0, 0.05) is 13.0 Å². The molecule has 4 heteroatoms. The molecule has 18 heavy (non-hydrogen) atoms. The standard InChI is InChI=1S/C14H20O4/c1-2-8-17-12-5-3-4-6-13(12)18-14-10-16-9-7-11(14)15/h3-6,11,14-15H,2,7-10H2,1H3. The largest absolute Gasteiger partial charge is 0.490 e. The Morgan fingerprint density at radius 1 is 1.33 bits per heavy atom. The molecule has 4 nitrogen and oxygen atoms in total. The molecular formula is C14H20O4. The summed E-state index contributed by atoms with van der Waals surface area (Å²) in [5, 5.41) is 9.85. The van der Waals surface area contributed by atoms with E-state index in [2.05, 4.69) is 6.92 Å². The predicted octanol–water partition coefficient (Wildman–Crippen LogP) is 2.00. The predicted molar refractivity (Wildman–Crippen MR) is 68.1 cm³/mol. The number of aliphatic hydroxyl groups is 1. The van der Waals surface area contributed by atoms with Crippen LogP contribution in [0.1, 0.15) is 19.8 Å². The minimum atomic E-state index is -0.474. The first-order valence-corrected chi connectivity index (χ1v) is 6.45. The molecule has 0 amide bonds. The van der Waals surface area contributed by atoms with Crippen molar-refractivity contribution in [1.82, 2.24) is 0 Å². The van der Waals surface area contributed by atoms with E-state index in [4.69, 9.17) is 14.2 Å². The van der Waals surface area contributed by atoms with Gasteiger partial charge in [-0.2, -0.15) is 0 Å². The fourth-order valence-electron chi connectivity index (χ4n) is 1.85. The lowest BCUT2D eigenvalue weighted by molar-refractivity contribution is -0.0741. The maximum atomic E-state index is 9.85. The summed E-state index contributed by atoms with van der Waals surface area (Å²) in [6, 6.07) is 7.53. The molecule has 2 atom stereocenters. The average molecular weight is 252 g/mol. The summed E-state index contributed by atoms with van der Waals surface area (Å²) in [5.74, 6) is 1.39. The third-order valence-electron chi connectivity index (χ3n) is 2.86. The van der Waals surface area contributed by atoms with E-state index in [9.17, 15) is 5.11 Å². The minimum Gasteiger partial charge on any atom is -0.490 e. The van der Waals surface area contributed by atoms with Crippen LogP contribution in [0, 0.1) is 0 Å². The summed E-state index contributed by atoms with van der Waals surface area (Å²) in [4.78, 5) is 0. The zero-order valence-electron chi connectivity index (χ0n) is 10.7. The topological polar surface area (TPSA) is 47.9 Å². The Balaban J connectivity index is 2.03. The molecule has 1 N–H and O–H groups in total. The van der Waals surface area contributed by atoms with Crippen LogP contribution in [0.3, 0.4) is 0 Å². The Labute approximate surface area is 107 Å². The van der Waals surface area contributed by atoms with E-state index < -0.39 is 6.10 Å². The lowest BCUT2D eigenvalue weighted by Crippen LogP contribution is -2.40. The Kier molecular flexibility index (Phi) is 4.84. The highest BCUT2D eigenvalue weighted by Gasteiger charge is 2.26. The van der Waals surface area contributed by atoms with Gasteiger partial charge in [-0.25, -0.2) is 0 Å².